The Bertz CT molecular complexity index is 882. The molecule has 0 atom stereocenters. The zero-order valence-electron chi connectivity index (χ0n) is 15.2. The van der Waals surface area contributed by atoms with Crippen molar-refractivity contribution < 1.29 is 22.3 Å². The van der Waals surface area contributed by atoms with Crippen molar-refractivity contribution in [2.75, 3.05) is 7.11 Å². The van der Waals surface area contributed by atoms with Gasteiger partial charge in [-0.2, -0.15) is 0 Å². The predicted molar refractivity (Wildman–Crippen MR) is 96.7 cm³/mol. The van der Waals surface area contributed by atoms with E-state index in [1.54, 1.807) is 26.2 Å². The number of sulfonamides is 1. The lowest BCUT2D eigenvalue weighted by Crippen LogP contribution is -2.39. The van der Waals surface area contributed by atoms with Gasteiger partial charge in [0.05, 0.1) is 24.4 Å². The SMILES string of the molecule is COc1ccc(S(=O)(=O)NC2CCC(Oc3ncc(F)cn3)CC2)cc1C. The highest BCUT2D eigenvalue weighted by Gasteiger charge is 2.27. The summed E-state index contributed by atoms with van der Waals surface area (Å²) in [4.78, 5) is 7.79. The average Bonchev–Trinajstić information content (AvgIpc) is 2.65. The van der Waals surface area contributed by atoms with Crippen LogP contribution in [0, 0.1) is 12.7 Å². The van der Waals surface area contributed by atoms with Gasteiger partial charge in [-0.3, -0.25) is 0 Å². The summed E-state index contributed by atoms with van der Waals surface area (Å²) in [6.07, 6.45) is 4.60. The highest BCUT2D eigenvalue weighted by atomic mass is 32.2. The third-order valence-electron chi connectivity index (χ3n) is 4.54. The minimum absolute atomic E-state index is 0.112. The van der Waals surface area contributed by atoms with E-state index < -0.39 is 15.8 Å². The molecule has 1 aromatic carbocycles. The van der Waals surface area contributed by atoms with Gasteiger partial charge in [0.15, 0.2) is 5.82 Å². The van der Waals surface area contributed by atoms with Gasteiger partial charge in [0.2, 0.25) is 10.0 Å². The van der Waals surface area contributed by atoms with Crippen LogP contribution in [0.3, 0.4) is 0 Å². The van der Waals surface area contributed by atoms with Crippen molar-refractivity contribution in [2.45, 2.75) is 49.6 Å². The summed E-state index contributed by atoms with van der Waals surface area (Å²) in [5, 5.41) is 0. The van der Waals surface area contributed by atoms with Gasteiger partial charge in [-0.25, -0.2) is 27.5 Å². The molecule has 1 saturated carbocycles. The molecule has 9 heteroatoms. The van der Waals surface area contributed by atoms with E-state index in [4.69, 9.17) is 9.47 Å². The summed E-state index contributed by atoms with van der Waals surface area (Å²) in [5.74, 6) is 0.129. The molecule has 1 heterocycles. The van der Waals surface area contributed by atoms with Crippen LogP contribution in [-0.4, -0.2) is 37.6 Å². The third kappa shape index (κ3) is 4.92. The monoisotopic (exact) mass is 395 g/mol. The molecule has 0 unspecified atom stereocenters. The lowest BCUT2D eigenvalue weighted by Gasteiger charge is -2.28. The molecule has 1 fully saturated rings. The Labute approximate surface area is 158 Å². The molecule has 0 amide bonds. The number of rotatable bonds is 6. The molecule has 0 saturated heterocycles. The van der Waals surface area contributed by atoms with Crippen molar-refractivity contribution in [3.63, 3.8) is 0 Å². The number of aryl methyl sites for hydroxylation is 1. The standard InChI is InChI=1S/C18H22FN3O4S/c1-12-9-16(7-8-17(12)25-2)27(23,24)22-14-3-5-15(6-4-14)26-18-20-10-13(19)11-21-18/h7-11,14-15,22H,3-6H2,1-2H3. The quantitative estimate of drug-likeness (QED) is 0.809. The van der Waals surface area contributed by atoms with Crippen LogP contribution in [0.25, 0.3) is 0 Å². The lowest BCUT2D eigenvalue weighted by molar-refractivity contribution is 0.132. The van der Waals surface area contributed by atoms with Crippen molar-refractivity contribution in [1.82, 2.24) is 14.7 Å². The second-order valence-electron chi connectivity index (χ2n) is 6.53. The number of nitrogens with zero attached hydrogens (tertiary/aromatic N) is 2. The van der Waals surface area contributed by atoms with Crippen LogP contribution in [0.1, 0.15) is 31.2 Å². The first-order valence-corrected chi connectivity index (χ1v) is 10.2. The molecule has 146 valence electrons. The van der Waals surface area contributed by atoms with E-state index in [2.05, 4.69) is 14.7 Å². The number of ether oxygens (including phenoxy) is 2. The van der Waals surface area contributed by atoms with Crippen LogP contribution in [0.2, 0.25) is 0 Å². The number of benzene rings is 1. The summed E-state index contributed by atoms with van der Waals surface area (Å²) in [6, 6.07) is 4.76. The van der Waals surface area contributed by atoms with Gasteiger partial charge in [-0.05, 0) is 56.4 Å². The Morgan fingerprint density at radius 3 is 2.41 bits per heavy atom. The van der Waals surface area contributed by atoms with Crippen molar-refractivity contribution >= 4 is 10.0 Å². The maximum absolute atomic E-state index is 12.8. The Morgan fingerprint density at radius 1 is 1.15 bits per heavy atom. The summed E-state index contributed by atoms with van der Waals surface area (Å²) in [5.41, 5.74) is 0.761. The second kappa shape index (κ2) is 8.18. The van der Waals surface area contributed by atoms with E-state index in [0.29, 0.717) is 31.4 Å². The van der Waals surface area contributed by atoms with Crippen molar-refractivity contribution in [3.8, 4) is 11.8 Å². The number of halogens is 1. The number of methoxy groups -OCH3 is 1. The summed E-state index contributed by atoms with van der Waals surface area (Å²) in [6.45, 7) is 1.80. The van der Waals surface area contributed by atoms with Crippen molar-refractivity contribution in [3.05, 3.63) is 42.0 Å². The molecule has 1 aliphatic rings. The molecular formula is C18H22FN3O4S. The summed E-state index contributed by atoms with van der Waals surface area (Å²) >= 11 is 0. The van der Waals surface area contributed by atoms with E-state index in [1.165, 1.54) is 6.07 Å². The molecule has 1 N–H and O–H groups in total. The second-order valence-corrected chi connectivity index (χ2v) is 8.24. The molecule has 0 spiro atoms. The van der Waals surface area contributed by atoms with E-state index in [0.717, 1.165) is 18.0 Å². The van der Waals surface area contributed by atoms with Crippen LogP contribution in [0.4, 0.5) is 4.39 Å². The van der Waals surface area contributed by atoms with E-state index in [-0.39, 0.29) is 23.1 Å². The number of hydrogen-bond acceptors (Lipinski definition) is 6. The zero-order valence-corrected chi connectivity index (χ0v) is 16.0. The molecular weight excluding hydrogens is 373 g/mol. The van der Waals surface area contributed by atoms with Crippen LogP contribution < -0.4 is 14.2 Å². The van der Waals surface area contributed by atoms with Gasteiger partial charge in [0, 0.05) is 6.04 Å². The minimum Gasteiger partial charge on any atom is -0.496 e. The van der Waals surface area contributed by atoms with E-state index in [9.17, 15) is 12.8 Å². The Morgan fingerprint density at radius 2 is 1.81 bits per heavy atom. The summed E-state index contributed by atoms with van der Waals surface area (Å²) in [7, 11) is -2.05. The fourth-order valence-corrected chi connectivity index (χ4v) is 4.50. The van der Waals surface area contributed by atoms with Gasteiger partial charge >= 0.3 is 6.01 Å². The Hall–Kier alpha value is -2.26. The van der Waals surface area contributed by atoms with Crippen molar-refractivity contribution in [1.29, 1.82) is 0 Å². The predicted octanol–water partition coefficient (Wildman–Crippen LogP) is 2.60. The first kappa shape index (κ1) is 19.5. The fraction of sp³-hybridized carbons (Fsp3) is 0.444. The van der Waals surface area contributed by atoms with Crippen LogP contribution in [0.5, 0.6) is 11.8 Å². The van der Waals surface area contributed by atoms with E-state index >= 15 is 0 Å². The Balaban J connectivity index is 1.56. The zero-order chi connectivity index (χ0) is 19.4. The largest absolute Gasteiger partial charge is 0.496 e. The summed E-state index contributed by atoms with van der Waals surface area (Å²) < 4.78 is 51.6. The third-order valence-corrected chi connectivity index (χ3v) is 6.06. The number of aromatic nitrogens is 2. The average molecular weight is 395 g/mol. The van der Waals surface area contributed by atoms with Crippen LogP contribution in [0.15, 0.2) is 35.5 Å². The molecule has 0 bridgehead atoms. The molecule has 7 nitrogen and oxygen atoms in total. The van der Waals surface area contributed by atoms with Gasteiger partial charge < -0.3 is 9.47 Å². The van der Waals surface area contributed by atoms with Crippen LogP contribution in [-0.2, 0) is 10.0 Å². The van der Waals surface area contributed by atoms with Gasteiger partial charge in [0.1, 0.15) is 11.9 Å². The molecule has 0 aliphatic heterocycles. The highest BCUT2D eigenvalue weighted by molar-refractivity contribution is 7.89. The molecule has 2 aromatic rings. The number of nitrogens with one attached hydrogen (secondary N) is 1. The van der Waals surface area contributed by atoms with Gasteiger partial charge in [-0.1, -0.05) is 0 Å². The molecule has 0 radical (unpaired) electrons. The minimum atomic E-state index is -3.60. The number of hydrogen-bond donors (Lipinski definition) is 1. The fourth-order valence-electron chi connectivity index (χ4n) is 3.11. The smallest absolute Gasteiger partial charge is 0.316 e. The van der Waals surface area contributed by atoms with Gasteiger partial charge in [-0.15, -0.1) is 0 Å². The maximum atomic E-state index is 12.8. The molecule has 27 heavy (non-hydrogen) atoms. The topological polar surface area (TPSA) is 90.4 Å². The first-order chi connectivity index (χ1) is 12.9. The molecule has 1 aromatic heterocycles. The normalized spacial score (nSPS) is 20.3. The van der Waals surface area contributed by atoms with Crippen LogP contribution >= 0.6 is 0 Å². The maximum Gasteiger partial charge on any atom is 0.316 e. The Kier molecular flexibility index (Phi) is 5.91. The molecule has 3 rings (SSSR count). The first-order valence-electron chi connectivity index (χ1n) is 8.68. The highest BCUT2D eigenvalue weighted by Crippen LogP contribution is 2.25. The lowest BCUT2D eigenvalue weighted by atomic mass is 9.94. The van der Waals surface area contributed by atoms with E-state index in [1.807, 2.05) is 0 Å². The van der Waals surface area contributed by atoms with Gasteiger partial charge in [0.25, 0.3) is 0 Å². The molecule has 1 aliphatic carbocycles. The van der Waals surface area contributed by atoms with Crippen molar-refractivity contribution in [2.24, 2.45) is 0 Å².